The van der Waals surface area contributed by atoms with Gasteiger partial charge in [0.05, 0.1) is 4.82 Å². The maximum Gasteiger partial charge on any atom is 0.535 e. The van der Waals surface area contributed by atoms with Crippen molar-refractivity contribution in [2.75, 3.05) is 46.2 Å². The van der Waals surface area contributed by atoms with Gasteiger partial charge in [0, 0.05) is 46.2 Å². The van der Waals surface area contributed by atoms with E-state index in [1.54, 1.807) is 0 Å². The van der Waals surface area contributed by atoms with E-state index in [-0.39, 0.29) is 0 Å². The Morgan fingerprint density at radius 2 is 0.769 bits per heavy atom. The minimum Gasteiger partial charge on any atom is -0.428 e. The fourth-order valence-corrected chi connectivity index (χ4v) is 8.72. The molecule has 0 heterocycles. The Labute approximate surface area is 165 Å². The molecule has 0 aliphatic rings. The van der Waals surface area contributed by atoms with Crippen LogP contribution in [0.3, 0.4) is 0 Å². The van der Waals surface area contributed by atoms with Gasteiger partial charge < -0.3 is 31.0 Å². The molecule has 0 aromatic rings. The quantitative estimate of drug-likeness (QED) is 0.370. The highest BCUT2D eigenvalue weighted by Crippen LogP contribution is 2.30. The summed E-state index contributed by atoms with van der Waals surface area (Å²) in [6, 6.07) is 0. The molecule has 0 radical (unpaired) electrons. The number of hydrogen-bond acceptors (Lipinski definition) is 7. The molecule has 0 saturated carbocycles. The summed E-state index contributed by atoms with van der Waals surface area (Å²) in [5, 5.41) is 0. The fraction of sp³-hybridized carbons (Fsp3) is 0.875. The molecule has 158 valence electrons. The lowest BCUT2D eigenvalue weighted by Crippen LogP contribution is -2.61. The van der Waals surface area contributed by atoms with Crippen LogP contribution in [0.1, 0.15) is 48.5 Å². The van der Waals surface area contributed by atoms with E-state index in [0.29, 0.717) is 44.5 Å². The smallest absolute Gasteiger partial charge is 0.428 e. The van der Waals surface area contributed by atoms with E-state index in [2.05, 4.69) is 11.0 Å². The van der Waals surface area contributed by atoms with Crippen LogP contribution >= 0.6 is 0 Å². The van der Waals surface area contributed by atoms with Gasteiger partial charge in [-0.05, 0) is 48.5 Å². The average Bonchev–Trinajstić information content (AvgIpc) is 2.62. The summed E-state index contributed by atoms with van der Waals surface area (Å²) in [7, 11) is -5.42. The van der Waals surface area contributed by atoms with Gasteiger partial charge in [-0.3, -0.25) is 0 Å². The first-order valence-corrected chi connectivity index (χ1v) is 13.7. The van der Waals surface area contributed by atoms with Crippen molar-refractivity contribution in [3.05, 3.63) is 11.4 Å². The molecule has 26 heavy (non-hydrogen) atoms. The Morgan fingerprint density at radius 1 is 0.577 bits per heavy atom. The predicted octanol–water partition coefficient (Wildman–Crippen LogP) is 2.02. The summed E-state index contributed by atoms with van der Waals surface area (Å²) in [5.74, 6) is 0. The zero-order chi connectivity index (χ0) is 20.5. The van der Waals surface area contributed by atoms with E-state index in [0.717, 1.165) is 17.1 Å². The Kier molecular flexibility index (Phi) is 18.8. The van der Waals surface area contributed by atoms with Crippen molar-refractivity contribution in [1.29, 1.82) is 0 Å². The lowest BCUT2D eigenvalue weighted by atomic mass is 10.9. The lowest BCUT2D eigenvalue weighted by molar-refractivity contribution is 0.0605. The van der Waals surface area contributed by atoms with E-state index in [9.17, 15) is 0 Å². The van der Waals surface area contributed by atoms with Crippen molar-refractivity contribution in [1.82, 2.24) is 0 Å². The van der Waals surface area contributed by atoms with E-state index in [1.807, 2.05) is 48.5 Å². The second kappa shape index (κ2) is 17.2. The summed E-state index contributed by atoms with van der Waals surface area (Å²) >= 11 is 0. The monoisotopic (exact) mass is 428 g/mol. The van der Waals surface area contributed by atoms with Gasteiger partial charge >= 0.3 is 17.6 Å². The molecule has 0 aliphatic heterocycles. The molecule has 0 spiro atoms. The van der Waals surface area contributed by atoms with Gasteiger partial charge in [-0.1, -0.05) is 6.58 Å². The normalized spacial score (nSPS) is 12.0. The highest BCUT2D eigenvalue weighted by Gasteiger charge is 2.60. The maximum absolute atomic E-state index is 5.91. The minimum absolute atomic E-state index is 0.458. The second-order valence-corrected chi connectivity index (χ2v) is 11.0. The zero-order valence-electron chi connectivity index (χ0n) is 18.0. The van der Waals surface area contributed by atoms with Crippen LogP contribution in [0.15, 0.2) is 11.4 Å². The van der Waals surface area contributed by atoms with Gasteiger partial charge in [-0.2, -0.15) is 0 Å². The van der Waals surface area contributed by atoms with Gasteiger partial charge in [0.1, 0.15) is 10.5 Å². The molecule has 0 N–H and O–H groups in total. The molecule has 0 amide bonds. The minimum atomic E-state index is -3.15. The molecule has 0 aromatic carbocycles. The van der Waals surface area contributed by atoms with E-state index in [4.69, 9.17) is 26.6 Å². The summed E-state index contributed by atoms with van der Waals surface area (Å²) in [5.41, 5.74) is 0. The summed E-state index contributed by atoms with van der Waals surface area (Å²) < 4.78 is 40.1. The van der Waals surface area contributed by atoms with Gasteiger partial charge in [-0.25, -0.2) is 0 Å². The largest absolute Gasteiger partial charge is 0.535 e. The molecule has 0 fully saturated rings. The van der Waals surface area contributed by atoms with Crippen LogP contribution in [0.25, 0.3) is 0 Å². The molecule has 10 heteroatoms. The van der Waals surface area contributed by atoms with E-state index in [1.165, 1.54) is 0 Å². The highest BCUT2D eigenvalue weighted by atomic mass is 28.5. The molecule has 0 unspecified atom stereocenters. The van der Waals surface area contributed by atoms with Crippen molar-refractivity contribution in [2.24, 2.45) is 0 Å². The summed E-state index contributed by atoms with van der Waals surface area (Å²) in [4.78, 5) is 0.580. The van der Waals surface area contributed by atoms with E-state index < -0.39 is 17.6 Å². The second-order valence-electron chi connectivity index (χ2n) is 4.77. The Morgan fingerprint density at radius 3 is 0.885 bits per heavy atom. The van der Waals surface area contributed by atoms with Crippen molar-refractivity contribution in [3.63, 3.8) is 0 Å². The molecular formula is C16H40O7Si3. The summed E-state index contributed by atoms with van der Waals surface area (Å²) in [6.45, 7) is 21.2. The SMILES string of the molecule is C=C([Si](OCC)(OCC)OCC)[Si](OCC)(OCC)OCC.CCO[SiH3]. The van der Waals surface area contributed by atoms with Gasteiger partial charge in [0.2, 0.25) is 0 Å². The molecular weight excluding hydrogens is 388 g/mol. The number of rotatable bonds is 15. The van der Waals surface area contributed by atoms with Crippen LogP contribution in [-0.2, 0) is 31.0 Å². The van der Waals surface area contributed by atoms with Gasteiger partial charge in [-0.15, -0.1) is 0 Å². The standard InChI is InChI=1S/C14H32O6Si2.C2H8OSi/c1-8-15-21(16-9-2,17-10-3)14(7)22(18-11-4,19-12-5)20-13-6;1-2-3-4/h7-13H2,1-6H3;2H2,1,4H3. The van der Waals surface area contributed by atoms with Crippen LogP contribution in [0.2, 0.25) is 0 Å². The molecule has 0 atom stereocenters. The van der Waals surface area contributed by atoms with Gasteiger partial charge in [0.25, 0.3) is 0 Å². The fourth-order valence-electron chi connectivity index (χ4n) is 2.10. The van der Waals surface area contributed by atoms with Crippen LogP contribution in [0, 0.1) is 0 Å². The van der Waals surface area contributed by atoms with Crippen LogP contribution in [0.5, 0.6) is 0 Å². The van der Waals surface area contributed by atoms with Crippen LogP contribution in [0.4, 0.5) is 0 Å². The zero-order valence-corrected chi connectivity index (χ0v) is 22.0. The van der Waals surface area contributed by atoms with Crippen molar-refractivity contribution >= 4 is 28.1 Å². The third-order valence-corrected chi connectivity index (χ3v) is 10.9. The molecule has 7 nitrogen and oxygen atoms in total. The van der Waals surface area contributed by atoms with Gasteiger partial charge in [0.15, 0.2) is 0 Å². The Balaban J connectivity index is 0. The van der Waals surface area contributed by atoms with Crippen molar-refractivity contribution in [2.45, 2.75) is 48.5 Å². The van der Waals surface area contributed by atoms with Crippen molar-refractivity contribution < 1.29 is 31.0 Å². The molecule has 0 aromatic heterocycles. The molecule has 0 aliphatic carbocycles. The first-order valence-electron chi connectivity index (χ1n) is 9.46. The summed E-state index contributed by atoms with van der Waals surface area (Å²) in [6.07, 6.45) is 0. The highest BCUT2D eigenvalue weighted by molar-refractivity contribution is 6.91. The first-order chi connectivity index (χ1) is 12.4. The third kappa shape index (κ3) is 9.35. The molecule has 0 saturated heterocycles. The lowest BCUT2D eigenvalue weighted by Gasteiger charge is -2.37. The van der Waals surface area contributed by atoms with E-state index >= 15 is 0 Å². The average molecular weight is 429 g/mol. The molecule has 0 rings (SSSR count). The van der Waals surface area contributed by atoms with Crippen LogP contribution < -0.4 is 0 Å². The Bertz CT molecular complexity index is 282. The molecule has 0 bridgehead atoms. The van der Waals surface area contributed by atoms with Crippen LogP contribution in [-0.4, -0.2) is 74.3 Å². The van der Waals surface area contributed by atoms with Crippen molar-refractivity contribution in [3.8, 4) is 0 Å². The third-order valence-electron chi connectivity index (χ3n) is 3.03. The first kappa shape index (κ1) is 28.3. The topological polar surface area (TPSA) is 64.6 Å². The predicted molar refractivity (Wildman–Crippen MR) is 112 cm³/mol. The maximum atomic E-state index is 5.91. The number of hydrogen-bond donors (Lipinski definition) is 0. The Hall–Kier alpha value is 0.111.